The Balaban J connectivity index is 1.19. The number of benzene rings is 1. The third-order valence-corrected chi connectivity index (χ3v) is 6.20. The maximum absolute atomic E-state index is 12.7. The van der Waals surface area contributed by atoms with Gasteiger partial charge >= 0.3 is 0 Å². The average molecular weight is 340 g/mol. The molecule has 1 aliphatic carbocycles. The molecule has 3 heterocycles. The van der Waals surface area contributed by atoms with Crippen LogP contribution in [-0.4, -0.2) is 42.8 Å². The van der Waals surface area contributed by atoms with Gasteiger partial charge in [0.2, 0.25) is 5.91 Å². The first kappa shape index (κ1) is 15.4. The largest absolute Gasteiger partial charge is 0.461 e. The minimum Gasteiger partial charge on any atom is -0.461 e. The second-order valence-electron chi connectivity index (χ2n) is 7.84. The summed E-state index contributed by atoms with van der Waals surface area (Å²) >= 11 is 0. The standard InChI is InChI=1S/C20H24N2O3/c23-19(16-10-20(11-16)12-24-13-21-20)22-7-5-14(6-8-22)18-9-15-3-1-2-4-17(15)25-18/h1-4,9,14,16,21H,5-8,10-13H2. The molecule has 5 heteroatoms. The van der Waals surface area contributed by atoms with Gasteiger partial charge in [-0.1, -0.05) is 18.2 Å². The Morgan fingerprint density at radius 2 is 2.00 bits per heavy atom. The lowest BCUT2D eigenvalue weighted by Gasteiger charge is -2.45. The molecular weight excluding hydrogens is 316 g/mol. The van der Waals surface area contributed by atoms with Gasteiger partial charge in [-0.15, -0.1) is 0 Å². The van der Waals surface area contributed by atoms with Gasteiger partial charge in [0.05, 0.1) is 13.3 Å². The number of carbonyl (C=O) groups excluding carboxylic acids is 1. The Hall–Kier alpha value is -1.85. The predicted molar refractivity (Wildman–Crippen MR) is 94.2 cm³/mol. The van der Waals surface area contributed by atoms with E-state index in [1.807, 2.05) is 18.2 Å². The summed E-state index contributed by atoms with van der Waals surface area (Å²) in [7, 11) is 0. The summed E-state index contributed by atoms with van der Waals surface area (Å²) in [5.74, 6) is 2.01. The van der Waals surface area contributed by atoms with Crippen LogP contribution in [0.1, 0.15) is 37.4 Å². The number of fused-ring (bicyclic) bond motifs is 1. The number of para-hydroxylation sites is 1. The number of hydrogen-bond acceptors (Lipinski definition) is 4. The van der Waals surface area contributed by atoms with E-state index in [-0.39, 0.29) is 11.5 Å². The lowest BCUT2D eigenvalue weighted by molar-refractivity contribution is -0.142. The second kappa shape index (κ2) is 5.85. The molecule has 0 atom stereocenters. The zero-order valence-electron chi connectivity index (χ0n) is 14.4. The van der Waals surface area contributed by atoms with E-state index in [9.17, 15) is 4.79 Å². The van der Waals surface area contributed by atoms with E-state index in [2.05, 4.69) is 22.3 Å². The van der Waals surface area contributed by atoms with Crippen LogP contribution in [0.2, 0.25) is 0 Å². The molecule has 0 unspecified atom stereocenters. The molecule has 1 aromatic heterocycles. The quantitative estimate of drug-likeness (QED) is 0.913. The van der Waals surface area contributed by atoms with E-state index >= 15 is 0 Å². The molecule has 132 valence electrons. The van der Waals surface area contributed by atoms with Crippen LogP contribution in [0.15, 0.2) is 34.7 Å². The lowest BCUT2D eigenvalue weighted by atomic mass is 9.68. The van der Waals surface area contributed by atoms with Crippen molar-refractivity contribution in [2.75, 3.05) is 26.4 Å². The topological polar surface area (TPSA) is 54.7 Å². The zero-order valence-corrected chi connectivity index (χ0v) is 14.4. The van der Waals surface area contributed by atoms with Crippen molar-refractivity contribution in [3.8, 4) is 0 Å². The van der Waals surface area contributed by atoms with Gasteiger partial charge in [-0.3, -0.25) is 10.1 Å². The zero-order chi connectivity index (χ0) is 16.9. The highest BCUT2D eigenvalue weighted by molar-refractivity contribution is 5.80. The molecule has 1 aromatic carbocycles. The number of hydrogen-bond donors (Lipinski definition) is 1. The summed E-state index contributed by atoms with van der Waals surface area (Å²) in [5.41, 5.74) is 1.05. The van der Waals surface area contributed by atoms with Crippen LogP contribution in [0.3, 0.4) is 0 Å². The predicted octanol–water partition coefficient (Wildman–Crippen LogP) is 2.86. The van der Waals surface area contributed by atoms with E-state index in [1.54, 1.807) is 0 Å². The van der Waals surface area contributed by atoms with Crippen molar-refractivity contribution in [1.82, 2.24) is 10.2 Å². The summed E-state index contributed by atoms with van der Waals surface area (Å²) < 4.78 is 11.4. The molecule has 5 nitrogen and oxygen atoms in total. The highest BCUT2D eigenvalue weighted by Crippen LogP contribution is 2.42. The minimum atomic E-state index is 0.0902. The molecule has 1 N–H and O–H groups in total. The summed E-state index contributed by atoms with van der Waals surface area (Å²) in [6, 6.07) is 10.3. The van der Waals surface area contributed by atoms with Gasteiger partial charge in [-0.25, -0.2) is 0 Å². The minimum absolute atomic E-state index is 0.0902. The van der Waals surface area contributed by atoms with Gasteiger partial charge < -0.3 is 14.1 Å². The third kappa shape index (κ3) is 2.66. The summed E-state index contributed by atoms with van der Waals surface area (Å²) in [6.07, 6.45) is 3.83. The normalized spacial score (nSPS) is 30.1. The van der Waals surface area contributed by atoms with Gasteiger partial charge in [0, 0.05) is 35.9 Å². The van der Waals surface area contributed by atoms with Crippen LogP contribution < -0.4 is 5.32 Å². The fourth-order valence-corrected chi connectivity index (χ4v) is 4.67. The average Bonchev–Trinajstić information content (AvgIpc) is 3.27. The maximum atomic E-state index is 12.7. The number of nitrogens with one attached hydrogen (secondary N) is 1. The Morgan fingerprint density at radius 3 is 2.72 bits per heavy atom. The molecule has 2 aromatic rings. The fourth-order valence-electron chi connectivity index (χ4n) is 4.67. The van der Waals surface area contributed by atoms with Crippen LogP contribution in [0.5, 0.6) is 0 Å². The smallest absolute Gasteiger partial charge is 0.225 e. The fraction of sp³-hybridized carbons (Fsp3) is 0.550. The molecule has 3 aliphatic rings. The number of ether oxygens (including phenoxy) is 1. The van der Waals surface area contributed by atoms with E-state index in [1.165, 1.54) is 5.39 Å². The highest BCUT2D eigenvalue weighted by atomic mass is 16.5. The SMILES string of the molecule is O=C(C1CC2(COCN2)C1)N1CCC(c2cc3ccccc3o2)CC1. The van der Waals surface area contributed by atoms with Crippen LogP contribution in [0.4, 0.5) is 0 Å². The van der Waals surface area contributed by atoms with Crippen molar-refractivity contribution in [2.45, 2.75) is 37.1 Å². The summed E-state index contributed by atoms with van der Waals surface area (Å²) in [4.78, 5) is 14.8. The number of furan rings is 1. The van der Waals surface area contributed by atoms with Crippen molar-refractivity contribution in [3.05, 3.63) is 36.1 Å². The van der Waals surface area contributed by atoms with Gasteiger partial charge in [-0.2, -0.15) is 0 Å². The highest BCUT2D eigenvalue weighted by Gasteiger charge is 2.50. The molecule has 0 radical (unpaired) electrons. The van der Waals surface area contributed by atoms with Crippen LogP contribution in [-0.2, 0) is 9.53 Å². The van der Waals surface area contributed by atoms with Crippen molar-refractivity contribution in [1.29, 1.82) is 0 Å². The van der Waals surface area contributed by atoms with Gasteiger partial charge in [0.1, 0.15) is 11.3 Å². The Labute approximate surface area is 147 Å². The van der Waals surface area contributed by atoms with E-state index in [0.717, 1.165) is 56.7 Å². The first-order chi connectivity index (χ1) is 12.2. The first-order valence-corrected chi connectivity index (χ1v) is 9.33. The number of piperidine rings is 1. The molecule has 1 amide bonds. The van der Waals surface area contributed by atoms with E-state index < -0.39 is 0 Å². The molecular formula is C20H24N2O3. The molecule has 1 spiro atoms. The monoisotopic (exact) mass is 340 g/mol. The lowest BCUT2D eigenvalue weighted by Crippen LogP contribution is -2.58. The van der Waals surface area contributed by atoms with Crippen LogP contribution in [0.25, 0.3) is 11.0 Å². The van der Waals surface area contributed by atoms with Gasteiger partial charge in [-0.05, 0) is 37.8 Å². The van der Waals surface area contributed by atoms with Crippen molar-refractivity contribution in [3.63, 3.8) is 0 Å². The van der Waals surface area contributed by atoms with Gasteiger partial charge in [0.25, 0.3) is 0 Å². The number of likely N-dealkylation sites (tertiary alicyclic amines) is 1. The summed E-state index contributed by atoms with van der Waals surface area (Å²) in [6.45, 7) is 3.07. The third-order valence-electron chi connectivity index (χ3n) is 6.20. The Kier molecular flexibility index (Phi) is 3.61. The van der Waals surface area contributed by atoms with Gasteiger partial charge in [0.15, 0.2) is 0 Å². The Morgan fingerprint density at radius 1 is 1.20 bits per heavy atom. The van der Waals surface area contributed by atoms with Crippen molar-refractivity contribution < 1.29 is 13.9 Å². The molecule has 2 saturated heterocycles. The van der Waals surface area contributed by atoms with Crippen LogP contribution >= 0.6 is 0 Å². The maximum Gasteiger partial charge on any atom is 0.225 e. The number of amides is 1. The number of nitrogens with zero attached hydrogens (tertiary/aromatic N) is 1. The first-order valence-electron chi connectivity index (χ1n) is 9.33. The molecule has 5 rings (SSSR count). The molecule has 1 saturated carbocycles. The summed E-state index contributed by atoms with van der Waals surface area (Å²) in [5, 5.41) is 4.56. The molecule has 0 bridgehead atoms. The van der Waals surface area contributed by atoms with Crippen molar-refractivity contribution >= 4 is 16.9 Å². The van der Waals surface area contributed by atoms with Crippen molar-refractivity contribution in [2.24, 2.45) is 5.92 Å². The number of rotatable bonds is 2. The van der Waals surface area contributed by atoms with E-state index in [0.29, 0.717) is 18.6 Å². The second-order valence-corrected chi connectivity index (χ2v) is 7.84. The molecule has 3 fully saturated rings. The molecule has 25 heavy (non-hydrogen) atoms. The number of carbonyl (C=O) groups is 1. The Bertz CT molecular complexity index is 744. The van der Waals surface area contributed by atoms with Crippen LogP contribution in [0, 0.1) is 5.92 Å². The molecule has 2 aliphatic heterocycles. The van der Waals surface area contributed by atoms with E-state index in [4.69, 9.17) is 9.15 Å².